The number of pyridine rings is 1. The molecule has 1 heterocycles. The lowest BCUT2D eigenvalue weighted by atomic mass is 9.62. The first kappa shape index (κ1) is 15.4. The van der Waals surface area contributed by atoms with Gasteiger partial charge in [-0.25, -0.2) is 0 Å². The first-order chi connectivity index (χ1) is 10.9. The minimum atomic E-state index is 0.275. The van der Waals surface area contributed by atoms with E-state index in [4.69, 9.17) is 0 Å². The van der Waals surface area contributed by atoms with Crippen LogP contribution in [0.15, 0.2) is 24.9 Å². The highest BCUT2D eigenvalue weighted by Crippen LogP contribution is 2.61. The van der Waals surface area contributed by atoms with E-state index in [1.165, 1.54) is 37.7 Å². The van der Waals surface area contributed by atoms with Gasteiger partial charge in [0, 0.05) is 6.20 Å². The van der Waals surface area contributed by atoms with Crippen molar-refractivity contribution in [1.29, 1.82) is 0 Å². The highest BCUT2D eigenvalue weighted by atomic mass is 14.7. The van der Waals surface area contributed by atoms with Crippen LogP contribution in [0.25, 0.3) is 5.57 Å². The summed E-state index contributed by atoms with van der Waals surface area (Å²) in [6.45, 7) is 11.2. The van der Waals surface area contributed by atoms with E-state index >= 15 is 0 Å². The lowest BCUT2D eigenvalue weighted by molar-refractivity contribution is 0.137. The maximum absolute atomic E-state index is 4.64. The first-order valence-corrected chi connectivity index (χ1v) is 9.55. The fourth-order valence-corrected chi connectivity index (χ4v) is 5.99. The summed E-state index contributed by atoms with van der Waals surface area (Å²) in [6.07, 6.45) is 10.5. The van der Waals surface area contributed by atoms with Gasteiger partial charge in [0.15, 0.2) is 0 Å². The van der Waals surface area contributed by atoms with Gasteiger partial charge in [-0.2, -0.15) is 0 Å². The Morgan fingerprint density at radius 2 is 1.91 bits per heavy atom. The Balaban J connectivity index is 1.61. The van der Waals surface area contributed by atoms with E-state index in [-0.39, 0.29) is 5.41 Å². The van der Waals surface area contributed by atoms with Crippen LogP contribution in [0.3, 0.4) is 0 Å². The van der Waals surface area contributed by atoms with Crippen molar-refractivity contribution in [3.63, 3.8) is 0 Å². The third-order valence-corrected chi connectivity index (χ3v) is 6.64. The van der Waals surface area contributed by atoms with Gasteiger partial charge in [0.1, 0.15) is 0 Å². The lowest BCUT2D eigenvalue weighted by Gasteiger charge is -2.43. The molecule has 1 heteroatoms. The molecular formula is C22H31N. The molecule has 124 valence electrons. The average molecular weight is 309 g/mol. The van der Waals surface area contributed by atoms with Crippen LogP contribution in [0.1, 0.15) is 76.5 Å². The van der Waals surface area contributed by atoms with Crippen LogP contribution in [0.2, 0.25) is 0 Å². The SMILES string of the molecule is C=C(CC(C)(C)C)c1cc(C2C3CCC4CC(C3)CC42)ccn1. The number of fused-ring (bicyclic) bond motifs is 2. The Kier molecular flexibility index (Phi) is 3.66. The predicted octanol–water partition coefficient (Wildman–Crippen LogP) is 6.07. The Hall–Kier alpha value is -1.11. The number of hydrogen-bond donors (Lipinski definition) is 0. The van der Waals surface area contributed by atoms with Gasteiger partial charge in [-0.1, -0.05) is 27.4 Å². The largest absolute Gasteiger partial charge is 0.257 e. The molecule has 1 nitrogen and oxygen atoms in total. The van der Waals surface area contributed by atoms with Crippen molar-refractivity contribution in [2.24, 2.45) is 29.1 Å². The molecule has 0 spiro atoms. The Bertz CT molecular complexity index is 609. The van der Waals surface area contributed by atoms with Crippen molar-refractivity contribution in [2.45, 2.75) is 65.2 Å². The van der Waals surface area contributed by atoms with Crippen molar-refractivity contribution in [3.05, 3.63) is 36.2 Å². The van der Waals surface area contributed by atoms with Gasteiger partial charge < -0.3 is 0 Å². The third-order valence-electron chi connectivity index (χ3n) is 6.64. The molecule has 3 aliphatic carbocycles. The molecule has 5 atom stereocenters. The zero-order chi connectivity index (χ0) is 16.2. The van der Waals surface area contributed by atoms with Crippen LogP contribution in [0.5, 0.6) is 0 Å². The van der Waals surface area contributed by atoms with E-state index in [9.17, 15) is 0 Å². The van der Waals surface area contributed by atoms with Crippen molar-refractivity contribution in [3.8, 4) is 0 Å². The Morgan fingerprint density at radius 3 is 2.70 bits per heavy atom. The fraction of sp³-hybridized carbons (Fsp3) is 0.682. The van der Waals surface area contributed by atoms with E-state index in [1.807, 2.05) is 6.20 Å². The van der Waals surface area contributed by atoms with Crippen molar-refractivity contribution in [1.82, 2.24) is 4.98 Å². The quantitative estimate of drug-likeness (QED) is 0.660. The second-order valence-electron chi connectivity index (χ2n) is 9.68. The van der Waals surface area contributed by atoms with Gasteiger partial charge in [0.25, 0.3) is 0 Å². The molecule has 0 aromatic carbocycles. The maximum Gasteiger partial charge on any atom is 0.0658 e. The molecule has 3 fully saturated rings. The monoisotopic (exact) mass is 309 g/mol. The molecule has 0 radical (unpaired) electrons. The molecule has 0 saturated heterocycles. The summed E-state index contributed by atoms with van der Waals surface area (Å²) in [4.78, 5) is 4.64. The number of hydrogen-bond acceptors (Lipinski definition) is 1. The normalized spacial score (nSPS) is 35.5. The molecule has 3 bridgehead atoms. The molecule has 23 heavy (non-hydrogen) atoms. The van der Waals surface area contributed by atoms with Gasteiger partial charge in [-0.3, -0.25) is 4.98 Å². The molecule has 0 amide bonds. The maximum atomic E-state index is 4.64. The molecule has 0 N–H and O–H groups in total. The summed E-state index contributed by atoms with van der Waals surface area (Å²) >= 11 is 0. The third kappa shape index (κ3) is 2.88. The standard InChI is InChI=1S/C22H31N/c1-14(13-22(2,3)4)20-12-18(7-8-23-20)21-17-6-5-16-9-15(10-17)11-19(16)21/h7-8,12,15-17,19,21H,1,5-6,9-11,13H2,2-4H3. The molecular weight excluding hydrogens is 278 g/mol. The van der Waals surface area contributed by atoms with E-state index < -0.39 is 0 Å². The van der Waals surface area contributed by atoms with E-state index in [0.717, 1.165) is 41.7 Å². The minimum absolute atomic E-state index is 0.275. The number of aromatic nitrogens is 1. The predicted molar refractivity (Wildman–Crippen MR) is 97.1 cm³/mol. The van der Waals surface area contributed by atoms with Crippen LogP contribution in [0, 0.1) is 29.1 Å². The van der Waals surface area contributed by atoms with Crippen LogP contribution in [0.4, 0.5) is 0 Å². The highest BCUT2D eigenvalue weighted by molar-refractivity contribution is 5.61. The second kappa shape index (κ2) is 5.46. The number of allylic oxidation sites excluding steroid dienone is 1. The van der Waals surface area contributed by atoms with Crippen LogP contribution in [-0.4, -0.2) is 4.98 Å². The summed E-state index contributed by atoms with van der Waals surface area (Å²) in [5, 5.41) is 0. The van der Waals surface area contributed by atoms with Crippen LogP contribution >= 0.6 is 0 Å². The van der Waals surface area contributed by atoms with E-state index in [0.29, 0.717) is 0 Å². The average Bonchev–Trinajstić information content (AvgIpc) is 2.69. The molecule has 5 unspecified atom stereocenters. The van der Waals surface area contributed by atoms with Gasteiger partial charge >= 0.3 is 0 Å². The van der Waals surface area contributed by atoms with Crippen molar-refractivity contribution in [2.75, 3.05) is 0 Å². The summed E-state index contributed by atoms with van der Waals surface area (Å²) in [5.41, 5.74) is 4.17. The van der Waals surface area contributed by atoms with E-state index in [2.05, 4.69) is 44.5 Å². The van der Waals surface area contributed by atoms with Gasteiger partial charge in [-0.15, -0.1) is 0 Å². The molecule has 4 rings (SSSR count). The number of nitrogens with zero attached hydrogens (tertiary/aromatic N) is 1. The van der Waals surface area contributed by atoms with Gasteiger partial charge in [-0.05, 0) is 96.8 Å². The van der Waals surface area contributed by atoms with Gasteiger partial charge in [0.2, 0.25) is 0 Å². The first-order valence-electron chi connectivity index (χ1n) is 9.55. The molecule has 3 saturated carbocycles. The molecule has 0 aliphatic heterocycles. The Morgan fingerprint density at radius 1 is 1.17 bits per heavy atom. The fourth-order valence-electron chi connectivity index (χ4n) is 5.99. The summed E-state index contributed by atoms with van der Waals surface area (Å²) in [5.74, 6) is 4.75. The van der Waals surface area contributed by atoms with E-state index in [1.54, 1.807) is 5.56 Å². The van der Waals surface area contributed by atoms with Crippen LogP contribution in [-0.2, 0) is 0 Å². The topological polar surface area (TPSA) is 12.9 Å². The minimum Gasteiger partial charge on any atom is -0.257 e. The smallest absolute Gasteiger partial charge is 0.0658 e. The zero-order valence-electron chi connectivity index (χ0n) is 15.0. The lowest BCUT2D eigenvalue weighted by Crippen LogP contribution is -2.32. The van der Waals surface area contributed by atoms with Crippen molar-refractivity contribution >= 4 is 5.57 Å². The summed E-state index contributed by atoms with van der Waals surface area (Å²) < 4.78 is 0. The van der Waals surface area contributed by atoms with Crippen LogP contribution < -0.4 is 0 Å². The summed E-state index contributed by atoms with van der Waals surface area (Å²) in [6, 6.07) is 4.68. The zero-order valence-corrected chi connectivity index (χ0v) is 15.0. The molecule has 1 aromatic rings. The second-order valence-corrected chi connectivity index (χ2v) is 9.68. The van der Waals surface area contributed by atoms with Gasteiger partial charge in [0.05, 0.1) is 5.69 Å². The van der Waals surface area contributed by atoms with Crippen molar-refractivity contribution < 1.29 is 0 Å². The molecule has 1 aromatic heterocycles. The number of rotatable bonds is 3. The Labute approximate surface area is 141 Å². The highest BCUT2D eigenvalue weighted by Gasteiger charge is 2.50. The molecule has 3 aliphatic rings. The summed E-state index contributed by atoms with van der Waals surface area (Å²) in [7, 11) is 0.